The summed E-state index contributed by atoms with van der Waals surface area (Å²) in [6.45, 7) is 3.84. The highest BCUT2D eigenvalue weighted by atomic mass is 19.1. The van der Waals surface area contributed by atoms with Gasteiger partial charge < -0.3 is 0 Å². The molecule has 3 heteroatoms. The minimum Gasteiger partial charge on any atom is -0.272 e. The van der Waals surface area contributed by atoms with Gasteiger partial charge >= 0.3 is 0 Å². The second-order valence-electron chi connectivity index (χ2n) is 3.65. The van der Waals surface area contributed by atoms with Gasteiger partial charge in [-0.2, -0.15) is 5.10 Å². The number of hydrogen-bond acceptors (Lipinski definition) is 1. The van der Waals surface area contributed by atoms with Gasteiger partial charge in [-0.05, 0) is 19.9 Å². The van der Waals surface area contributed by atoms with Crippen LogP contribution in [0.25, 0.3) is 11.1 Å². The van der Waals surface area contributed by atoms with Gasteiger partial charge in [0, 0.05) is 23.9 Å². The number of aryl methyl sites for hydroxylation is 2. The fourth-order valence-electron chi connectivity index (χ4n) is 1.83. The van der Waals surface area contributed by atoms with Crippen LogP contribution in [-0.4, -0.2) is 9.78 Å². The Hall–Kier alpha value is -1.64. The van der Waals surface area contributed by atoms with Crippen molar-refractivity contribution in [3.8, 4) is 11.1 Å². The maximum absolute atomic E-state index is 13.6. The molecule has 0 aliphatic carbocycles. The lowest BCUT2D eigenvalue weighted by Crippen LogP contribution is -1.93. The van der Waals surface area contributed by atoms with Crippen LogP contribution < -0.4 is 0 Å². The Kier molecular flexibility index (Phi) is 2.31. The quantitative estimate of drug-likeness (QED) is 0.698. The number of hydrogen-bond donors (Lipinski definition) is 0. The highest BCUT2D eigenvalue weighted by Crippen LogP contribution is 2.28. The van der Waals surface area contributed by atoms with E-state index in [1.54, 1.807) is 16.8 Å². The van der Waals surface area contributed by atoms with E-state index in [1.165, 1.54) is 6.07 Å². The van der Waals surface area contributed by atoms with Gasteiger partial charge in [-0.3, -0.25) is 4.68 Å². The van der Waals surface area contributed by atoms with Gasteiger partial charge in [-0.1, -0.05) is 18.2 Å². The van der Waals surface area contributed by atoms with Crippen molar-refractivity contribution >= 4 is 0 Å². The zero-order valence-corrected chi connectivity index (χ0v) is 9.08. The second-order valence-corrected chi connectivity index (χ2v) is 3.65. The lowest BCUT2D eigenvalue weighted by molar-refractivity contribution is 0.631. The number of nitrogens with zero attached hydrogens (tertiary/aromatic N) is 2. The molecule has 2 aromatic rings. The highest BCUT2D eigenvalue weighted by molar-refractivity contribution is 5.68. The monoisotopic (exact) mass is 204 g/mol. The summed E-state index contributed by atoms with van der Waals surface area (Å²) in [6.07, 6.45) is 0. The average molecular weight is 204 g/mol. The first-order valence-electron chi connectivity index (χ1n) is 4.86. The van der Waals surface area contributed by atoms with E-state index < -0.39 is 0 Å². The summed E-state index contributed by atoms with van der Waals surface area (Å²) in [5.74, 6) is -0.197. The van der Waals surface area contributed by atoms with Crippen molar-refractivity contribution in [1.29, 1.82) is 0 Å². The Bertz CT molecular complexity index is 500. The van der Waals surface area contributed by atoms with Crippen LogP contribution in [0.15, 0.2) is 24.3 Å². The molecular formula is C12H13FN2. The van der Waals surface area contributed by atoms with Crippen molar-refractivity contribution in [2.24, 2.45) is 7.05 Å². The lowest BCUT2D eigenvalue weighted by Gasteiger charge is -2.03. The summed E-state index contributed by atoms with van der Waals surface area (Å²) in [7, 11) is 1.87. The molecule has 0 saturated heterocycles. The first-order chi connectivity index (χ1) is 7.11. The van der Waals surface area contributed by atoms with E-state index in [2.05, 4.69) is 5.10 Å². The minimum absolute atomic E-state index is 0.197. The molecule has 0 saturated carbocycles. The van der Waals surface area contributed by atoms with Crippen molar-refractivity contribution in [2.45, 2.75) is 13.8 Å². The SMILES string of the molecule is Cc1nn(C)c(C)c1-c1ccccc1F. The molecule has 0 radical (unpaired) electrons. The van der Waals surface area contributed by atoms with Crippen molar-refractivity contribution in [3.63, 3.8) is 0 Å². The summed E-state index contributed by atoms with van der Waals surface area (Å²) in [4.78, 5) is 0. The van der Waals surface area contributed by atoms with Crippen LogP contribution in [0.2, 0.25) is 0 Å². The Labute approximate surface area is 88.4 Å². The molecule has 0 aliphatic heterocycles. The van der Waals surface area contributed by atoms with E-state index in [1.807, 2.05) is 27.0 Å². The van der Waals surface area contributed by atoms with Crippen LogP contribution in [0.5, 0.6) is 0 Å². The Morgan fingerprint density at radius 3 is 2.40 bits per heavy atom. The van der Waals surface area contributed by atoms with Gasteiger partial charge in [0.05, 0.1) is 5.69 Å². The van der Waals surface area contributed by atoms with Crippen molar-refractivity contribution < 1.29 is 4.39 Å². The average Bonchev–Trinajstić information content (AvgIpc) is 2.43. The van der Waals surface area contributed by atoms with Gasteiger partial charge in [0.25, 0.3) is 0 Å². The maximum Gasteiger partial charge on any atom is 0.131 e. The largest absolute Gasteiger partial charge is 0.272 e. The molecular weight excluding hydrogens is 191 g/mol. The molecule has 78 valence electrons. The molecule has 0 bridgehead atoms. The molecule has 1 aromatic heterocycles. The predicted octanol–water partition coefficient (Wildman–Crippen LogP) is 2.84. The van der Waals surface area contributed by atoms with Crippen molar-refractivity contribution in [3.05, 3.63) is 41.5 Å². The topological polar surface area (TPSA) is 17.8 Å². The molecule has 1 heterocycles. The Morgan fingerprint density at radius 1 is 1.20 bits per heavy atom. The molecule has 15 heavy (non-hydrogen) atoms. The first kappa shape index (κ1) is 9.90. The summed E-state index contributed by atoms with van der Waals surface area (Å²) >= 11 is 0. The number of rotatable bonds is 1. The molecule has 0 unspecified atom stereocenters. The van der Waals surface area contributed by atoms with Gasteiger partial charge in [0.2, 0.25) is 0 Å². The van der Waals surface area contributed by atoms with Crippen molar-refractivity contribution in [2.75, 3.05) is 0 Å². The zero-order chi connectivity index (χ0) is 11.0. The fraction of sp³-hybridized carbons (Fsp3) is 0.250. The van der Waals surface area contributed by atoms with Crippen LogP contribution in [0.1, 0.15) is 11.4 Å². The molecule has 0 N–H and O–H groups in total. The highest BCUT2D eigenvalue weighted by Gasteiger charge is 2.14. The smallest absolute Gasteiger partial charge is 0.131 e. The molecule has 2 nitrogen and oxygen atoms in total. The van der Waals surface area contributed by atoms with Crippen LogP contribution in [0.4, 0.5) is 4.39 Å². The third-order valence-electron chi connectivity index (χ3n) is 2.65. The van der Waals surface area contributed by atoms with Crippen molar-refractivity contribution in [1.82, 2.24) is 9.78 Å². The Balaban J connectivity index is 2.69. The van der Waals surface area contributed by atoms with E-state index >= 15 is 0 Å². The molecule has 1 aromatic carbocycles. The summed E-state index contributed by atoms with van der Waals surface area (Å²) in [5.41, 5.74) is 3.37. The predicted molar refractivity (Wildman–Crippen MR) is 58.1 cm³/mol. The molecule has 0 amide bonds. The van der Waals surface area contributed by atoms with E-state index in [4.69, 9.17) is 0 Å². The zero-order valence-electron chi connectivity index (χ0n) is 9.08. The summed E-state index contributed by atoms with van der Waals surface area (Å²) in [5, 5.41) is 4.28. The third kappa shape index (κ3) is 1.54. The summed E-state index contributed by atoms with van der Waals surface area (Å²) < 4.78 is 15.4. The van der Waals surface area contributed by atoms with Gasteiger partial charge in [0.15, 0.2) is 0 Å². The molecule has 0 spiro atoms. The van der Waals surface area contributed by atoms with E-state index in [-0.39, 0.29) is 5.82 Å². The number of benzene rings is 1. The number of aromatic nitrogens is 2. The molecule has 0 fully saturated rings. The standard InChI is InChI=1S/C12H13FN2/c1-8-12(9(2)15(3)14-8)10-6-4-5-7-11(10)13/h4-7H,1-3H3. The van der Waals surface area contributed by atoms with Crippen LogP contribution in [-0.2, 0) is 7.05 Å². The van der Waals surface area contributed by atoms with Crippen LogP contribution in [0, 0.1) is 19.7 Å². The third-order valence-corrected chi connectivity index (χ3v) is 2.65. The van der Waals surface area contributed by atoms with Gasteiger partial charge in [-0.25, -0.2) is 4.39 Å². The fourth-order valence-corrected chi connectivity index (χ4v) is 1.83. The minimum atomic E-state index is -0.197. The molecule has 0 aliphatic rings. The van der Waals surface area contributed by atoms with Gasteiger partial charge in [-0.15, -0.1) is 0 Å². The Morgan fingerprint density at radius 2 is 1.87 bits per heavy atom. The second kappa shape index (κ2) is 3.50. The van der Waals surface area contributed by atoms with E-state index in [0.717, 1.165) is 17.0 Å². The van der Waals surface area contributed by atoms with Crippen LogP contribution in [0.3, 0.4) is 0 Å². The number of halogens is 1. The summed E-state index contributed by atoms with van der Waals surface area (Å²) in [6, 6.07) is 6.79. The van der Waals surface area contributed by atoms with Crippen LogP contribution >= 0.6 is 0 Å². The molecule has 2 rings (SSSR count). The lowest BCUT2D eigenvalue weighted by atomic mass is 10.0. The van der Waals surface area contributed by atoms with Gasteiger partial charge in [0.1, 0.15) is 5.82 Å². The first-order valence-corrected chi connectivity index (χ1v) is 4.86. The maximum atomic E-state index is 13.6. The molecule has 0 atom stereocenters. The van der Waals surface area contributed by atoms with E-state index in [0.29, 0.717) is 5.56 Å². The normalized spacial score (nSPS) is 10.7. The van der Waals surface area contributed by atoms with E-state index in [9.17, 15) is 4.39 Å².